The first-order valence-corrected chi connectivity index (χ1v) is 7.26. The molecule has 3 saturated heterocycles. The Hall–Kier alpha value is -1.68. The number of imide groups is 1. The van der Waals surface area contributed by atoms with Crippen molar-refractivity contribution >= 4 is 11.8 Å². The third-order valence-electron chi connectivity index (χ3n) is 4.99. The van der Waals surface area contributed by atoms with Crippen molar-refractivity contribution in [2.75, 3.05) is 0 Å². The van der Waals surface area contributed by atoms with Crippen LogP contribution < -0.4 is 0 Å². The Morgan fingerprint density at radius 2 is 1.60 bits per heavy atom. The molecule has 20 heavy (non-hydrogen) atoms. The molecule has 0 saturated carbocycles. The predicted molar refractivity (Wildman–Crippen MR) is 71.6 cm³/mol. The number of rotatable bonds is 2. The van der Waals surface area contributed by atoms with Gasteiger partial charge in [0.05, 0.1) is 30.1 Å². The van der Waals surface area contributed by atoms with Crippen molar-refractivity contribution in [1.82, 2.24) is 4.90 Å². The highest BCUT2D eigenvalue weighted by molar-refractivity contribution is 6.06. The molecule has 0 aliphatic carbocycles. The normalized spacial score (nSPS) is 36.5. The Bertz CT molecular complexity index is 542. The first-order chi connectivity index (χ1) is 9.68. The number of benzene rings is 1. The molecule has 104 valence electrons. The monoisotopic (exact) mass is 271 g/mol. The third-order valence-corrected chi connectivity index (χ3v) is 4.99. The molecule has 3 fully saturated rings. The molecule has 0 radical (unpaired) electrons. The van der Waals surface area contributed by atoms with Crippen LogP contribution in [-0.4, -0.2) is 28.9 Å². The lowest BCUT2D eigenvalue weighted by atomic mass is 9.81. The van der Waals surface area contributed by atoms with E-state index in [1.54, 1.807) is 0 Å². The van der Waals surface area contributed by atoms with Crippen molar-refractivity contribution in [1.29, 1.82) is 0 Å². The summed E-state index contributed by atoms with van der Waals surface area (Å²) < 4.78 is 5.75. The molecular weight excluding hydrogens is 254 g/mol. The lowest BCUT2D eigenvalue weighted by Gasteiger charge is -2.25. The zero-order valence-electron chi connectivity index (χ0n) is 11.4. The summed E-state index contributed by atoms with van der Waals surface area (Å²) >= 11 is 0. The summed E-state index contributed by atoms with van der Waals surface area (Å²) in [7, 11) is 0. The summed E-state index contributed by atoms with van der Waals surface area (Å²) in [5.74, 6) is -0.535. The summed E-state index contributed by atoms with van der Waals surface area (Å²) in [4.78, 5) is 26.7. The average Bonchev–Trinajstić information content (AvgIpc) is 3.14. The van der Waals surface area contributed by atoms with E-state index in [0.717, 1.165) is 18.4 Å². The highest BCUT2D eigenvalue weighted by atomic mass is 16.5. The first kappa shape index (κ1) is 12.1. The van der Waals surface area contributed by atoms with Crippen LogP contribution in [0.25, 0.3) is 0 Å². The number of hydrogen-bond acceptors (Lipinski definition) is 3. The van der Waals surface area contributed by atoms with Gasteiger partial charge in [-0.2, -0.15) is 0 Å². The van der Waals surface area contributed by atoms with Gasteiger partial charge in [0.2, 0.25) is 11.8 Å². The number of hydrogen-bond donors (Lipinski definition) is 0. The van der Waals surface area contributed by atoms with Gasteiger partial charge in [-0.25, -0.2) is 0 Å². The Morgan fingerprint density at radius 3 is 2.15 bits per heavy atom. The van der Waals surface area contributed by atoms with Crippen LogP contribution in [0.4, 0.5) is 0 Å². The number of amides is 2. The van der Waals surface area contributed by atoms with Gasteiger partial charge < -0.3 is 4.74 Å². The van der Waals surface area contributed by atoms with E-state index < -0.39 is 0 Å². The second kappa shape index (κ2) is 4.16. The summed E-state index contributed by atoms with van der Waals surface area (Å²) in [5, 5.41) is 0. The van der Waals surface area contributed by atoms with Gasteiger partial charge >= 0.3 is 0 Å². The average molecular weight is 271 g/mol. The zero-order valence-corrected chi connectivity index (χ0v) is 11.4. The molecule has 3 aliphatic rings. The van der Waals surface area contributed by atoms with Gasteiger partial charge in [-0.05, 0) is 25.3 Å². The Kier molecular flexibility index (Phi) is 2.51. The minimum atomic E-state index is -0.229. The molecule has 2 unspecified atom stereocenters. The molecule has 4 heteroatoms. The second-order valence-electron chi connectivity index (χ2n) is 5.98. The Morgan fingerprint density at radius 1 is 1.05 bits per heavy atom. The molecule has 2 amide bonds. The predicted octanol–water partition coefficient (Wildman–Crippen LogP) is 1.91. The van der Waals surface area contributed by atoms with Crippen LogP contribution in [0.1, 0.15) is 31.4 Å². The smallest absolute Gasteiger partial charge is 0.236 e. The van der Waals surface area contributed by atoms with E-state index in [0.29, 0.717) is 0 Å². The van der Waals surface area contributed by atoms with Gasteiger partial charge in [0, 0.05) is 0 Å². The van der Waals surface area contributed by atoms with Gasteiger partial charge in [0.15, 0.2) is 0 Å². The van der Waals surface area contributed by atoms with E-state index in [-0.39, 0.29) is 41.9 Å². The molecule has 3 heterocycles. The highest BCUT2D eigenvalue weighted by Gasteiger charge is 2.62. The van der Waals surface area contributed by atoms with Crippen molar-refractivity contribution in [2.45, 2.75) is 38.0 Å². The van der Waals surface area contributed by atoms with Crippen LogP contribution in [0.15, 0.2) is 30.3 Å². The zero-order chi connectivity index (χ0) is 13.9. The maximum atomic E-state index is 12.6. The molecule has 1 aromatic carbocycles. The van der Waals surface area contributed by atoms with Crippen LogP contribution in [0.2, 0.25) is 0 Å². The minimum Gasteiger partial charge on any atom is -0.373 e. The van der Waals surface area contributed by atoms with Gasteiger partial charge in [0.25, 0.3) is 0 Å². The number of nitrogens with zero attached hydrogens (tertiary/aromatic N) is 1. The number of ether oxygens (including phenoxy) is 1. The molecule has 4 nitrogen and oxygen atoms in total. The van der Waals surface area contributed by atoms with E-state index in [1.807, 2.05) is 37.3 Å². The van der Waals surface area contributed by atoms with Gasteiger partial charge in [-0.15, -0.1) is 0 Å². The van der Waals surface area contributed by atoms with Crippen molar-refractivity contribution in [3.05, 3.63) is 35.9 Å². The maximum absolute atomic E-state index is 12.6. The molecule has 0 spiro atoms. The van der Waals surface area contributed by atoms with E-state index in [9.17, 15) is 9.59 Å². The minimum absolute atomic E-state index is 0.0329. The summed E-state index contributed by atoms with van der Waals surface area (Å²) in [6.45, 7) is 1.93. The van der Waals surface area contributed by atoms with Crippen LogP contribution in [0.5, 0.6) is 0 Å². The van der Waals surface area contributed by atoms with E-state index in [4.69, 9.17) is 4.74 Å². The fraction of sp³-hybridized carbons (Fsp3) is 0.500. The summed E-state index contributed by atoms with van der Waals surface area (Å²) in [5.41, 5.74) is 1.00. The van der Waals surface area contributed by atoms with Crippen LogP contribution in [0, 0.1) is 11.8 Å². The van der Waals surface area contributed by atoms with E-state index in [1.165, 1.54) is 4.90 Å². The van der Waals surface area contributed by atoms with Crippen molar-refractivity contribution in [3.8, 4) is 0 Å². The van der Waals surface area contributed by atoms with Crippen molar-refractivity contribution in [2.24, 2.45) is 11.8 Å². The fourth-order valence-corrected chi connectivity index (χ4v) is 4.00. The quantitative estimate of drug-likeness (QED) is 0.772. The largest absolute Gasteiger partial charge is 0.373 e. The van der Waals surface area contributed by atoms with Crippen molar-refractivity contribution in [3.63, 3.8) is 0 Å². The molecular formula is C16H17NO3. The van der Waals surface area contributed by atoms with Crippen molar-refractivity contribution < 1.29 is 14.3 Å². The summed E-state index contributed by atoms with van der Waals surface area (Å²) in [6.07, 6.45) is 1.76. The number of fused-ring (bicyclic) bond motifs is 5. The molecule has 2 bridgehead atoms. The van der Waals surface area contributed by atoms with Crippen LogP contribution in [-0.2, 0) is 14.3 Å². The molecule has 0 aromatic heterocycles. The Labute approximate surface area is 117 Å². The van der Waals surface area contributed by atoms with Crippen LogP contribution >= 0.6 is 0 Å². The molecule has 4 rings (SSSR count). The van der Waals surface area contributed by atoms with Gasteiger partial charge in [0.1, 0.15) is 0 Å². The highest BCUT2D eigenvalue weighted by Crippen LogP contribution is 2.50. The third kappa shape index (κ3) is 1.45. The van der Waals surface area contributed by atoms with Crippen LogP contribution in [0.3, 0.4) is 0 Å². The number of likely N-dealkylation sites (tertiary alicyclic amines) is 1. The molecule has 5 atom stereocenters. The lowest BCUT2D eigenvalue weighted by molar-refractivity contribution is -0.145. The van der Waals surface area contributed by atoms with Gasteiger partial charge in [-0.3, -0.25) is 14.5 Å². The number of carbonyl (C=O) groups excluding carboxylic acids is 2. The number of carbonyl (C=O) groups is 2. The molecule has 3 aliphatic heterocycles. The maximum Gasteiger partial charge on any atom is 0.236 e. The van der Waals surface area contributed by atoms with E-state index >= 15 is 0 Å². The SMILES string of the molecule is C[C@H](c1ccccc1)N1C(=O)[C@@H]2C3CCC(O3)[C@@H]2C1=O. The van der Waals surface area contributed by atoms with E-state index in [2.05, 4.69) is 0 Å². The molecule has 1 aromatic rings. The first-order valence-electron chi connectivity index (χ1n) is 7.26. The Balaban J connectivity index is 1.67. The molecule has 0 N–H and O–H groups in total. The summed E-state index contributed by atoms with van der Waals surface area (Å²) in [6, 6.07) is 9.54. The fourth-order valence-electron chi connectivity index (χ4n) is 4.00. The van der Waals surface area contributed by atoms with Gasteiger partial charge in [-0.1, -0.05) is 30.3 Å². The lowest BCUT2D eigenvalue weighted by Crippen LogP contribution is -2.36. The topological polar surface area (TPSA) is 46.6 Å². The second-order valence-corrected chi connectivity index (χ2v) is 5.98. The standard InChI is InChI=1S/C16H17NO3/c1-9(10-5-3-2-4-6-10)17-15(18)13-11-7-8-12(20-11)14(13)16(17)19/h2-6,9,11-14H,7-8H2,1H3/t9-,11?,12?,13-,14+/m1/s1.